The van der Waals surface area contributed by atoms with Gasteiger partial charge < -0.3 is 14.8 Å². The van der Waals surface area contributed by atoms with E-state index in [9.17, 15) is 4.79 Å². The minimum Gasteiger partial charge on any atom is -0.347 e. The molecular formula is C13H22ClN3O. The molecule has 0 bridgehead atoms. The average Bonchev–Trinajstić information content (AvgIpc) is 2.60. The van der Waals surface area contributed by atoms with Crippen LogP contribution in [0.3, 0.4) is 0 Å². The second-order valence-electron chi connectivity index (χ2n) is 4.76. The molecule has 0 aromatic carbocycles. The van der Waals surface area contributed by atoms with Crippen LogP contribution in [0.5, 0.6) is 0 Å². The number of carbonyl (C=O) groups excluding carboxylic acids is 1. The minimum absolute atomic E-state index is 0. The van der Waals surface area contributed by atoms with Gasteiger partial charge in [0, 0.05) is 26.3 Å². The van der Waals surface area contributed by atoms with Crippen LogP contribution in [0.2, 0.25) is 0 Å². The number of nitrogens with one attached hydrogen (secondary N) is 1. The van der Waals surface area contributed by atoms with Gasteiger partial charge in [-0.15, -0.1) is 12.4 Å². The summed E-state index contributed by atoms with van der Waals surface area (Å²) in [6.45, 7) is 2.08. The van der Waals surface area contributed by atoms with Gasteiger partial charge in [-0.3, -0.25) is 4.79 Å². The van der Waals surface area contributed by atoms with Crippen molar-refractivity contribution in [3.05, 3.63) is 24.0 Å². The number of halogens is 1. The highest BCUT2D eigenvalue weighted by atomic mass is 35.5. The van der Waals surface area contributed by atoms with Crippen LogP contribution in [-0.4, -0.2) is 41.6 Å². The predicted molar refractivity (Wildman–Crippen MR) is 75.3 cm³/mol. The lowest BCUT2D eigenvalue weighted by Crippen LogP contribution is -2.38. The number of nitrogens with zero attached hydrogens (tertiary/aromatic N) is 2. The summed E-state index contributed by atoms with van der Waals surface area (Å²) in [7, 11) is 3.83. The van der Waals surface area contributed by atoms with Gasteiger partial charge in [-0.1, -0.05) is 0 Å². The Morgan fingerprint density at radius 3 is 2.89 bits per heavy atom. The van der Waals surface area contributed by atoms with Crippen molar-refractivity contribution in [2.45, 2.75) is 25.3 Å². The van der Waals surface area contributed by atoms with Crippen LogP contribution in [0.4, 0.5) is 0 Å². The summed E-state index contributed by atoms with van der Waals surface area (Å²) in [5.74, 6) is 0.129. The van der Waals surface area contributed by atoms with Crippen LogP contribution in [0.25, 0.3) is 0 Å². The van der Waals surface area contributed by atoms with Crippen molar-refractivity contribution in [3.63, 3.8) is 0 Å². The third kappa shape index (κ3) is 3.27. The van der Waals surface area contributed by atoms with Crippen molar-refractivity contribution in [2.24, 2.45) is 7.05 Å². The molecule has 1 aliphatic rings. The van der Waals surface area contributed by atoms with E-state index in [0.29, 0.717) is 6.04 Å². The Bertz CT molecular complexity index is 383. The summed E-state index contributed by atoms with van der Waals surface area (Å²) in [4.78, 5) is 14.2. The molecule has 4 nitrogen and oxygen atoms in total. The van der Waals surface area contributed by atoms with Crippen LogP contribution in [0.15, 0.2) is 18.3 Å². The third-order valence-corrected chi connectivity index (χ3v) is 3.58. The molecule has 0 aliphatic carbocycles. The molecule has 5 heteroatoms. The summed E-state index contributed by atoms with van der Waals surface area (Å²) in [6, 6.07) is 4.16. The van der Waals surface area contributed by atoms with Gasteiger partial charge >= 0.3 is 0 Å². The van der Waals surface area contributed by atoms with E-state index in [1.807, 2.05) is 41.9 Å². The average molecular weight is 272 g/mol. The Labute approximate surface area is 115 Å². The molecule has 1 unspecified atom stereocenters. The molecule has 1 atom stereocenters. The van der Waals surface area contributed by atoms with E-state index in [4.69, 9.17) is 0 Å². The van der Waals surface area contributed by atoms with Crippen molar-refractivity contribution < 1.29 is 4.79 Å². The van der Waals surface area contributed by atoms with E-state index in [0.717, 1.165) is 38.0 Å². The van der Waals surface area contributed by atoms with Gasteiger partial charge in [-0.25, -0.2) is 0 Å². The van der Waals surface area contributed by atoms with Crippen molar-refractivity contribution in [2.75, 3.05) is 20.1 Å². The normalized spacial score (nSPS) is 19.8. The zero-order valence-electron chi connectivity index (χ0n) is 11.1. The molecule has 2 heterocycles. The van der Waals surface area contributed by atoms with Crippen LogP contribution < -0.4 is 5.32 Å². The molecule has 1 saturated heterocycles. The highest BCUT2D eigenvalue weighted by Crippen LogP contribution is 2.15. The first-order chi connectivity index (χ1) is 8.20. The Hall–Kier alpha value is -1.00. The van der Waals surface area contributed by atoms with E-state index < -0.39 is 0 Å². The SMILES string of the molecule is CN(C(=O)c1cccn1C)C1CCCNCC1.Cl. The van der Waals surface area contributed by atoms with Crippen molar-refractivity contribution in [1.82, 2.24) is 14.8 Å². The molecule has 1 aromatic rings. The van der Waals surface area contributed by atoms with Gasteiger partial charge in [0.05, 0.1) is 0 Å². The molecule has 1 amide bonds. The molecular weight excluding hydrogens is 250 g/mol. The van der Waals surface area contributed by atoms with Crippen molar-refractivity contribution in [1.29, 1.82) is 0 Å². The van der Waals surface area contributed by atoms with Gasteiger partial charge in [-0.2, -0.15) is 0 Å². The molecule has 2 rings (SSSR count). The fourth-order valence-electron chi connectivity index (χ4n) is 2.42. The summed E-state index contributed by atoms with van der Waals surface area (Å²) in [5, 5.41) is 3.37. The quantitative estimate of drug-likeness (QED) is 0.888. The number of aryl methyl sites for hydroxylation is 1. The van der Waals surface area contributed by atoms with E-state index in [-0.39, 0.29) is 18.3 Å². The lowest BCUT2D eigenvalue weighted by Gasteiger charge is -2.27. The number of amides is 1. The Kier molecular flexibility index (Phi) is 5.69. The van der Waals surface area contributed by atoms with Crippen LogP contribution in [0.1, 0.15) is 29.8 Å². The molecule has 18 heavy (non-hydrogen) atoms. The maximum Gasteiger partial charge on any atom is 0.270 e. The minimum atomic E-state index is 0. The number of rotatable bonds is 2. The Morgan fingerprint density at radius 2 is 2.22 bits per heavy atom. The molecule has 0 radical (unpaired) electrons. The number of hydrogen-bond acceptors (Lipinski definition) is 2. The van der Waals surface area contributed by atoms with Gasteiger partial charge in [0.2, 0.25) is 0 Å². The third-order valence-electron chi connectivity index (χ3n) is 3.58. The first-order valence-corrected chi connectivity index (χ1v) is 6.29. The largest absolute Gasteiger partial charge is 0.347 e. The highest BCUT2D eigenvalue weighted by Gasteiger charge is 2.23. The molecule has 102 valence electrons. The lowest BCUT2D eigenvalue weighted by molar-refractivity contribution is 0.0711. The van der Waals surface area contributed by atoms with E-state index in [2.05, 4.69) is 5.32 Å². The number of hydrogen-bond donors (Lipinski definition) is 1. The van der Waals surface area contributed by atoms with Crippen LogP contribution >= 0.6 is 12.4 Å². The maximum absolute atomic E-state index is 12.3. The maximum atomic E-state index is 12.3. The first-order valence-electron chi connectivity index (χ1n) is 6.29. The van der Waals surface area contributed by atoms with Gasteiger partial charge in [-0.05, 0) is 44.5 Å². The molecule has 1 fully saturated rings. The first kappa shape index (κ1) is 15.1. The summed E-state index contributed by atoms with van der Waals surface area (Å²) < 4.78 is 1.88. The summed E-state index contributed by atoms with van der Waals surface area (Å²) in [5.41, 5.74) is 0.768. The zero-order chi connectivity index (χ0) is 12.3. The fraction of sp³-hybridized carbons (Fsp3) is 0.615. The van der Waals surface area contributed by atoms with E-state index >= 15 is 0 Å². The molecule has 0 saturated carbocycles. The van der Waals surface area contributed by atoms with Crippen LogP contribution in [0, 0.1) is 0 Å². The molecule has 1 aliphatic heterocycles. The monoisotopic (exact) mass is 271 g/mol. The zero-order valence-corrected chi connectivity index (χ0v) is 11.9. The van der Waals surface area contributed by atoms with Gasteiger partial charge in [0.25, 0.3) is 5.91 Å². The second-order valence-corrected chi connectivity index (χ2v) is 4.76. The number of aromatic nitrogens is 1. The summed E-state index contributed by atoms with van der Waals surface area (Å²) >= 11 is 0. The Balaban J connectivity index is 0.00000162. The van der Waals surface area contributed by atoms with E-state index in [1.54, 1.807) is 0 Å². The summed E-state index contributed by atoms with van der Waals surface area (Å²) in [6.07, 6.45) is 5.21. The second kappa shape index (κ2) is 6.81. The van der Waals surface area contributed by atoms with Crippen LogP contribution in [-0.2, 0) is 7.05 Å². The molecule has 1 aromatic heterocycles. The Morgan fingerprint density at radius 1 is 1.44 bits per heavy atom. The fourth-order valence-corrected chi connectivity index (χ4v) is 2.42. The van der Waals surface area contributed by atoms with Gasteiger partial charge in [0.15, 0.2) is 0 Å². The molecule has 0 spiro atoms. The standard InChI is InChI=1S/C13H21N3O.ClH/c1-15-10-4-6-12(15)13(17)16(2)11-5-3-8-14-9-7-11;/h4,6,10-11,14H,3,5,7-9H2,1-2H3;1H. The van der Waals surface area contributed by atoms with Gasteiger partial charge in [0.1, 0.15) is 5.69 Å². The van der Waals surface area contributed by atoms with Crippen molar-refractivity contribution >= 4 is 18.3 Å². The predicted octanol–water partition coefficient (Wildman–Crippen LogP) is 1.66. The highest BCUT2D eigenvalue weighted by molar-refractivity contribution is 5.92. The smallest absolute Gasteiger partial charge is 0.270 e. The molecule has 1 N–H and O–H groups in total. The number of carbonyl (C=O) groups is 1. The van der Waals surface area contributed by atoms with E-state index in [1.165, 1.54) is 0 Å². The topological polar surface area (TPSA) is 37.3 Å². The van der Waals surface area contributed by atoms with Crippen molar-refractivity contribution in [3.8, 4) is 0 Å². The lowest BCUT2D eigenvalue weighted by atomic mass is 10.1.